The molecular weight excluding hydrogens is 284 g/mol. The second-order valence-electron chi connectivity index (χ2n) is 4.99. The number of amides is 1. The van der Waals surface area contributed by atoms with Crippen LogP contribution in [-0.2, 0) is 17.8 Å². The highest BCUT2D eigenvalue weighted by atomic mass is 16.5. The maximum Gasteiger partial charge on any atom is 0.228 e. The van der Waals surface area contributed by atoms with E-state index in [4.69, 9.17) is 9.26 Å². The van der Waals surface area contributed by atoms with Crippen molar-refractivity contribution in [3.05, 3.63) is 42.1 Å². The molecule has 0 unspecified atom stereocenters. The summed E-state index contributed by atoms with van der Waals surface area (Å²) in [5.41, 5.74) is 2.12. The highest BCUT2D eigenvalue weighted by Gasteiger charge is 2.16. The number of nitrogens with one attached hydrogen (secondary N) is 1. The van der Waals surface area contributed by atoms with Gasteiger partial charge in [0.1, 0.15) is 11.4 Å². The number of carbonyl (C=O) groups excluding carboxylic acids is 1. The Morgan fingerprint density at radius 2 is 2.32 bits per heavy atom. The van der Waals surface area contributed by atoms with Crippen LogP contribution < -0.4 is 4.74 Å². The van der Waals surface area contributed by atoms with Crippen molar-refractivity contribution in [2.24, 2.45) is 0 Å². The molecule has 0 spiro atoms. The lowest BCUT2D eigenvalue weighted by Crippen LogP contribution is -2.28. The van der Waals surface area contributed by atoms with Crippen LogP contribution in [0.3, 0.4) is 0 Å². The average molecular weight is 300 g/mol. The molecule has 0 radical (unpaired) electrons. The van der Waals surface area contributed by atoms with E-state index in [-0.39, 0.29) is 12.3 Å². The van der Waals surface area contributed by atoms with Crippen LogP contribution >= 0.6 is 0 Å². The van der Waals surface area contributed by atoms with E-state index in [1.807, 2.05) is 6.07 Å². The zero-order chi connectivity index (χ0) is 15.5. The van der Waals surface area contributed by atoms with Crippen LogP contribution in [0, 0.1) is 0 Å². The molecule has 0 saturated carbocycles. The molecule has 1 amide bonds. The molecular formula is C15H16N4O3. The Hall–Kier alpha value is -2.83. The number of H-pyrrole nitrogens is 1. The molecule has 0 atom stereocenters. The predicted octanol–water partition coefficient (Wildman–Crippen LogP) is 1.76. The number of carbonyl (C=O) groups is 1. The molecule has 7 nitrogen and oxygen atoms in total. The summed E-state index contributed by atoms with van der Waals surface area (Å²) in [5, 5.41) is 4.79. The van der Waals surface area contributed by atoms with Crippen molar-refractivity contribution in [1.29, 1.82) is 0 Å². The summed E-state index contributed by atoms with van der Waals surface area (Å²) in [6.45, 7) is 0.470. The molecule has 3 aromatic rings. The quantitative estimate of drug-likeness (QED) is 0.776. The zero-order valence-corrected chi connectivity index (χ0v) is 12.4. The van der Waals surface area contributed by atoms with Crippen LogP contribution in [-0.4, -0.2) is 40.1 Å². The lowest BCUT2D eigenvalue weighted by Gasteiger charge is -2.15. The van der Waals surface area contributed by atoms with Gasteiger partial charge in [0.25, 0.3) is 0 Å². The average Bonchev–Trinajstić information content (AvgIpc) is 3.17. The number of rotatable bonds is 5. The fourth-order valence-corrected chi connectivity index (χ4v) is 2.22. The molecule has 7 heteroatoms. The first-order valence-electron chi connectivity index (χ1n) is 6.81. The topological polar surface area (TPSA) is 84.2 Å². The summed E-state index contributed by atoms with van der Waals surface area (Å²) in [6.07, 6.45) is 3.45. The third kappa shape index (κ3) is 2.78. The first kappa shape index (κ1) is 14.1. The van der Waals surface area contributed by atoms with Gasteiger partial charge in [-0.15, -0.1) is 0 Å². The van der Waals surface area contributed by atoms with Crippen molar-refractivity contribution >= 4 is 16.9 Å². The SMILES string of the molecule is COc1ccc2onc(CC(=O)N(C)Cc3cnc[nH]3)c2c1. The minimum absolute atomic E-state index is 0.0485. The molecule has 0 saturated heterocycles. The molecule has 2 heterocycles. The molecule has 0 fully saturated rings. The maximum atomic E-state index is 12.3. The number of imidazole rings is 1. The van der Waals surface area contributed by atoms with Gasteiger partial charge in [-0.1, -0.05) is 5.16 Å². The summed E-state index contributed by atoms with van der Waals surface area (Å²) in [6, 6.07) is 5.40. The third-order valence-electron chi connectivity index (χ3n) is 3.46. The highest BCUT2D eigenvalue weighted by molar-refractivity contribution is 5.87. The zero-order valence-electron chi connectivity index (χ0n) is 12.4. The van der Waals surface area contributed by atoms with Gasteiger partial charge in [0.2, 0.25) is 5.91 Å². The van der Waals surface area contributed by atoms with E-state index < -0.39 is 0 Å². The van der Waals surface area contributed by atoms with E-state index in [2.05, 4.69) is 15.1 Å². The molecule has 22 heavy (non-hydrogen) atoms. The molecule has 0 aliphatic carbocycles. The summed E-state index contributed by atoms with van der Waals surface area (Å²) in [4.78, 5) is 20.8. The van der Waals surface area contributed by atoms with E-state index >= 15 is 0 Å². The summed E-state index contributed by atoms with van der Waals surface area (Å²) < 4.78 is 10.4. The lowest BCUT2D eigenvalue weighted by molar-refractivity contribution is -0.129. The number of aromatic nitrogens is 3. The predicted molar refractivity (Wildman–Crippen MR) is 79.3 cm³/mol. The summed E-state index contributed by atoms with van der Waals surface area (Å²) >= 11 is 0. The van der Waals surface area contributed by atoms with Crippen LogP contribution in [0.5, 0.6) is 5.75 Å². The number of hydrogen-bond donors (Lipinski definition) is 1. The standard InChI is InChI=1S/C15H16N4O3/c1-19(8-10-7-16-9-17-10)15(20)6-13-12-5-11(21-2)3-4-14(12)22-18-13/h3-5,7,9H,6,8H2,1-2H3,(H,16,17). The van der Waals surface area contributed by atoms with Crippen LogP contribution in [0.1, 0.15) is 11.4 Å². The fraction of sp³-hybridized carbons (Fsp3) is 0.267. The monoisotopic (exact) mass is 300 g/mol. The minimum atomic E-state index is -0.0485. The smallest absolute Gasteiger partial charge is 0.228 e. The second-order valence-corrected chi connectivity index (χ2v) is 4.99. The van der Waals surface area contributed by atoms with E-state index in [1.54, 1.807) is 43.7 Å². The van der Waals surface area contributed by atoms with Crippen molar-refractivity contribution in [3.8, 4) is 5.75 Å². The van der Waals surface area contributed by atoms with Crippen LogP contribution in [0.4, 0.5) is 0 Å². The van der Waals surface area contributed by atoms with E-state index in [0.29, 0.717) is 23.6 Å². The molecule has 0 aliphatic heterocycles. The van der Waals surface area contributed by atoms with Crippen molar-refractivity contribution < 1.29 is 14.1 Å². The first-order chi connectivity index (χ1) is 10.7. The van der Waals surface area contributed by atoms with Gasteiger partial charge in [-0.2, -0.15) is 0 Å². The largest absolute Gasteiger partial charge is 0.497 e. The van der Waals surface area contributed by atoms with E-state index in [1.165, 1.54) is 0 Å². The molecule has 3 rings (SSSR count). The number of hydrogen-bond acceptors (Lipinski definition) is 5. The van der Waals surface area contributed by atoms with E-state index in [0.717, 1.165) is 11.1 Å². The van der Waals surface area contributed by atoms with Crippen molar-refractivity contribution in [2.45, 2.75) is 13.0 Å². The Labute approximate surface area is 126 Å². The Balaban J connectivity index is 1.76. The molecule has 2 aromatic heterocycles. The van der Waals surface area contributed by atoms with Crippen molar-refractivity contribution in [1.82, 2.24) is 20.0 Å². The lowest BCUT2D eigenvalue weighted by atomic mass is 10.1. The highest BCUT2D eigenvalue weighted by Crippen LogP contribution is 2.24. The Bertz CT molecular complexity index is 779. The van der Waals surface area contributed by atoms with Gasteiger partial charge >= 0.3 is 0 Å². The van der Waals surface area contributed by atoms with Gasteiger partial charge in [0.15, 0.2) is 5.58 Å². The molecule has 114 valence electrons. The number of aromatic amines is 1. The number of fused-ring (bicyclic) bond motifs is 1. The number of likely N-dealkylation sites (N-methyl/N-ethyl adjacent to an activating group) is 1. The number of ether oxygens (including phenoxy) is 1. The summed E-state index contributed by atoms with van der Waals surface area (Å²) in [7, 11) is 3.34. The Morgan fingerprint density at radius 1 is 1.45 bits per heavy atom. The Morgan fingerprint density at radius 3 is 3.05 bits per heavy atom. The van der Waals surface area contributed by atoms with Gasteiger partial charge in [0, 0.05) is 18.6 Å². The van der Waals surface area contributed by atoms with Crippen molar-refractivity contribution in [2.75, 3.05) is 14.2 Å². The Kier molecular flexibility index (Phi) is 3.78. The van der Waals surface area contributed by atoms with Gasteiger partial charge in [-0.3, -0.25) is 4.79 Å². The van der Waals surface area contributed by atoms with Gasteiger partial charge < -0.3 is 19.1 Å². The third-order valence-corrected chi connectivity index (χ3v) is 3.46. The number of nitrogens with zero attached hydrogens (tertiary/aromatic N) is 3. The van der Waals surface area contributed by atoms with Crippen LogP contribution in [0.15, 0.2) is 35.2 Å². The molecule has 0 aliphatic rings. The fourth-order valence-electron chi connectivity index (χ4n) is 2.22. The number of benzene rings is 1. The first-order valence-corrected chi connectivity index (χ1v) is 6.81. The molecule has 0 bridgehead atoms. The molecule has 1 N–H and O–H groups in total. The van der Waals surface area contributed by atoms with E-state index in [9.17, 15) is 4.79 Å². The van der Waals surface area contributed by atoms with Crippen LogP contribution in [0.2, 0.25) is 0 Å². The summed E-state index contributed by atoms with van der Waals surface area (Å²) in [5.74, 6) is 0.655. The van der Waals surface area contributed by atoms with Gasteiger partial charge in [-0.25, -0.2) is 4.98 Å². The van der Waals surface area contributed by atoms with Crippen molar-refractivity contribution in [3.63, 3.8) is 0 Å². The van der Waals surface area contributed by atoms with Gasteiger partial charge in [-0.05, 0) is 18.2 Å². The van der Waals surface area contributed by atoms with Crippen LogP contribution in [0.25, 0.3) is 11.0 Å². The normalized spacial score (nSPS) is 10.8. The number of methoxy groups -OCH3 is 1. The van der Waals surface area contributed by atoms with Gasteiger partial charge in [0.05, 0.1) is 32.1 Å². The minimum Gasteiger partial charge on any atom is -0.497 e. The maximum absolute atomic E-state index is 12.3. The molecule has 1 aromatic carbocycles. The second kappa shape index (κ2) is 5.88.